The number of aliphatic hydroxyl groups is 1. The molecule has 4 aromatic rings. The standard InChI is InChI=1S/C31H27ClN2O5S/c1-3-4-12-38-22-7-5-6-18(15-22)27-26(28(35)19-8-11-24-20(14-19)13-17(2)39-24)29(36)30(37)34(27)31-33-23-10-9-21(32)16-25(23)40-31/h5-11,14-17,27,35H,3-4,12-13H2,1-2H3/b28-26-. The number of thiazole rings is 1. The number of amides is 1. The average molecular weight is 575 g/mol. The third-order valence-electron chi connectivity index (χ3n) is 7.10. The zero-order chi connectivity index (χ0) is 28.0. The van der Waals surface area contributed by atoms with Gasteiger partial charge in [-0.3, -0.25) is 14.5 Å². The van der Waals surface area contributed by atoms with Crippen LogP contribution in [0.15, 0.2) is 66.2 Å². The summed E-state index contributed by atoms with van der Waals surface area (Å²) in [6.45, 7) is 4.62. The number of nitrogens with zero attached hydrogens (tertiary/aromatic N) is 2. The fourth-order valence-electron chi connectivity index (χ4n) is 5.17. The number of aromatic nitrogens is 1. The Bertz CT molecular complexity index is 1680. The van der Waals surface area contributed by atoms with Crippen molar-refractivity contribution in [2.45, 2.75) is 45.3 Å². The number of fused-ring (bicyclic) bond motifs is 2. The lowest BCUT2D eigenvalue weighted by atomic mass is 9.94. The summed E-state index contributed by atoms with van der Waals surface area (Å²) >= 11 is 7.46. The molecule has 0 aliphatic carbocycles. The highest BCUT2D eigenvalue weighted by molar-refractivity contribution is 7.22. The van der Waals surface area contributed by atoms with E-state index in [0.717, 1.165) is 28.9 Å². The van der Waals surface area contributed by atoms with Crippen molar-refractivity contribution >= 4 is 55.7 Å². The molecule has 2 aliphatic heterocycles. The van der Waals surface area contributed by atoms with Crippen LogP contribution >= 0.6 is 22.9 Å². The molecular formula is C31H27ClN2O5S. The summed E-state index contributed by atoms with van der Waals surface area (Å²) in [6, 6.07) is 17.0. The van der Waals surface area contributed by atoms with Gasteiger partial charge in [0, 0.05) is 17.0 Å². The molecule has 7 nitrogen and oxygen atoms in total. The topological polar surface area (TPSA) is 89.0 Å². The van der Waals surface area contributed by atoms with Crippen molar-refractivity contribution in [1.29, 1.82) is 0 Å². The number of benzene rings is 3. The van der Waals surface area contributed by atoms with E-state index in [1.165, 1.54) is 16.2 Å². The lowest BCUT2D eigenvalue weighted by Gasteiger charge is -2.23. The minimum absolute atomic E-state index is 0.0000829. The Balaban J connectivity index is 1.50. The Morgan fingerprint density at radius 2 is 2.02 bits per heavy atom. The Morgan fingerprint density at radius 3 is 2.85 bits per heavy atom. The van der Waals surface area contributed by atoms with E-state index >= 15 is 0 Å². The molecule has 2 unspecified atom stereocenters. The van der Waals surface area contributed by atoms with Crippen LogP contribution in [0.2, 0.25) is 5.02 Å². The quantitative estimate of drug-likeness (QED) is 0.110. The molecule has 1 saturated heterocycles. The predicted octanol–water partition coefficient (Wildman–Crippen LogP) is 7.08. The summed E-state index contributed by atoms with van der Waals surface area (Å²) in [6.07, 6.45) is 2.62. The van der Waals surface area contributed by atoms with Crippen LogP contribution in [-0.2, 0) is 16.0 Å². The van der Waals surface area contributed by atoms with E-state index in [1.807, 2.05) is 37.3 Å². The summed E-state index contributed by atoms with van der Waals surface area (Å²) < 4.78 is 12.5. The van der Waals surface area contributed by atoms with Gasteiger partial charge in [0.2, 0.25) is 0 Å². The number of halogens is 1. The SMILES string of the molecule is CCCCOc1cccc(C2/C(=C(/O)c3ccc4c(c3)CC(C)O4)C(=O)C(=O)N2c2nc3ccc(Cl)cc3s2)c1. The highest BCUT2D eigenvalue weighted by Crippen LogP contribution is 2.45. The van der Waals surface area contributed by atoms with E-state index in [0.29, 0.717) is 45.6 Å². The number of ketones is 1. The van der Waals surface area contributed by atoms with E-state index in [1.54, 1.807) is 30.3 Å². The van der Waals surface area contributed by atoms with Gasteiger partial charge in [0.25, 0.3) is 5.78 Å². The highest BCUT2D eigenvalue weighted by Gasteiger charge is 2.48. The van der Waals surface area contributed by atoms with E-state index in [9.17, 15) is 14.7 Å². The fraction of sp³-hybridized carbons (Fsp3) is 0.258. The first kappa shape index (κ1) is 26.3. The normalized spacial score (nSPS) is 19.7. The van der Waals surface area contributed by atoms with Gasteiger partial charge in [0.05, 0.1) is 28.4 Å². The van der Waals surface area contributed by atoms with Gasteiger partial charge in [-0.25, -0.2) is 4.98 Å². The molecule has 204 valence electrons. The van der Waals surface area contributed by atoms with Crippen LogP contribution in [0.3, 0.4) is 0 Å². The molecule has 0 radical (unpaired) electrons. The van der Waals surface area contributed by atoms with Crippen LogP contribution < -0.4 is 14.4 Å². The van der Waals surface area contributed by atoms with Crippen molar-refractivity contribution in [3.05, 3.63) is 87.9 Å². The third kappa shape index (κ3) is 4.71. The van der Waals surface area contributed by atoms with Crippen LogP contribution in [0.4, 0.5) is 5.13 Å². The van der Waals surface area contributed by atoms with Crippen molar-refractivity contribution in [2.24, 2.45) is 0 Å². The van der Waals surface area contributed by atoms with Crippen molar-refractivity contribution < 1.29 is 24.2 Å². The van der Waals surface area contributed by atoms with Gasteiger partial charge in [-0.2, -0.15) is 0 Å². The summed E-state index contributed by atoms with van der Waals surface area (Å²) in [7, 11) is 0. The Labute approximate surface area is 240 Å². The molecule has 1 amide bonds. The predicted molar refractivity (Wildman–Crippen MR) is 156 cm³/mol. The smallest absolute Gasteiger partial charge is 0.301 e. The molecule has 40 heavy (non-hydrogen) atoms. The number of carbonyl (C=O) groups is 2. The molecule has 1 aromatic heterocycles. The summed E-state index contributed by atoms with van der Waals surface area (Å²) in [5.41, 5.74) is 2.68. The number of anilines is 1. The largest absolute Gasteiger partial charge is 0.507 e. The maximum Gasteiger partial charge on any atom is 0.301 e. The second-order valence-corrected chi connectivity index (χ2v) is 11.5. The average Bonchev–Trinajstić information content (AvgIpc) is 3.60. The second-order valence-electron chi connectivity index (χ2n) is 10.0. The minimum atomic E-state index is -0.908. The van der Waals surface area contributed by atoms with E-state index in [-0.39, 0.29) is 17.4 Å². The van der Waals surface area contributed by atoms with Gasteiger partial charge >= 0.3 is 5.91 Å². The number of hydrogen-bond acceptors (Lipinski definition) is 7. The van der Waals surface area contributed by atoms with Gasteiger partial charge in [-0.1, -0.05) is 48.4 Å². The van der Waals surface area contributed by atoms with Crippen LogP contribution in [-0.4, -0.2) is 34.5 Å². The first-order valence-electron chi connectivity index (χ1n) is 13.2. The first-order valence-corrected chi connectivity index (χ1v) is 14.4. The maximum atomic E-state index is 13.6. The van der Waals surface area contributed by atoms with Crippen LogP contribution in [0, 0.1) is 0 Å². The molecule has 3 heterocycles. The molecule has 1 fully saturated rings. The molecule has 0 spiro atoms. The zero-order valence-corrected chi connectivity index (χ0v) is 23.6. The molecule has 0 saturated carbocycles. The van der Waals surface area contributed by atoms with E-state index in [4.69, 9.17) is 21.1 Å². The minimum Gasteiger partial charge on any atom is -0.507 e. The highest BCUT2D eigenvalue weighted by atomic mass is 35.5. The van der Waals surface area contributed by atoms with Crippen LogP contribution in [0.5, 0.6) is 11.5 Å². The second kappa shape index (κ2) is 10.6. The van der Waals surface area contributed by atoms with Gasteiger partial charge in [0.1, 0.15) is 23.4 Å². The number of ether oxygens (including phenoxy) is 2. The zero-order valence-electron chi connectivity index (χ0n) is 22.0. The fourth-order valence-corrected chi connectivity index (χ4v) is 6.44. The number of aliphatic hydroxyl groups excluding tert-OH is 1. The molecule has 3 aromatic carbocycles. The lowest BCUT2D eigenvalue weighted by molar-refractivity contribution is -0.132. The van der Waals surface area contributed by atoms with Gasteiger partial charge in [0.15, 0.2) is 5.13 Å². The van der Waals surface area contributed by atoms with E-state index < -0.39 is 17.7 Å². The molecule has 0 bridgehead atoms. The molecule has 9 heteroatoms. The number of hydrogen-bond donors (Lipinski definition) is 1. The first-order chi connectivity index (χ1) is 19.3. The van der Waals surface area contributed by atoms with Crippen molar-refractivity contribution in [3.8, 4) is 11.5 Å². The van der Waals surface area contributed by atoms with Crippen LogP contribution in [0.1, 0.15) is 49.4 Å². The number of unbranched alkanes of at least 4 members (excludes halogenated alkanes) is 1. The molecule has 2 aliphatic rings. The van der Waals surface area contributed by atoms with Gasteiger partial charge in [-0.15, -0.1) is 0 Å². The number of rotatable bonds is 7. The Morgan fingerprint density at radius 1 is 1.18 bits per heavy atom. The maximum absolute atomic E-state index is 13.6. The molecule has 6 rings (SSSR count). The molecular weight excluding hydrogens is 548 g/mol. The monoisotopic (exact) mass is 574 g/mol. The summed E-state index contributed by atoms with van der Waals surface area (Å²) in [5.74, 6) is -0.397. The van der Waals surface area contributed by atoms with Gasteiger partial charge < -0.3 is 14.6 Å². The number of carbonyl (C=O) groups excluding carboxylic acids is 2. The lowest BCUT2D eigenvalue weighted by Crippen LogP contribution is -2.29. The molecule has 1 N–H and O–H groups in total. The summed E-state index contributed by atoms with van der Waals surface area (Å²) in [4.78, 5) is 33.3. The third-order valence-corrected chi connectivity index (χ3v) is 8.35. The molecule has 2 atom stereocenters. The number of Topliss-reactive ketones (excluding diaryl/α,β-unsaturated/α-hetero) is 1. The van der Waals surface area contributed by atoms with Crippen molar-refractivity contribution in [2.75, 3.05) is 11.5 Å². The van der Waals surface area contributed by atoms with Gasteiger partial charge in [-0.05, 0) is 73.0 Å². The van der Waals surface area contributed by atoms with E-state index in [2.05, 4.69) is 11.9 Å². The van der Waals surface area contributed by atoms with Crippen molar-refractivity contribution in [3.63, 3.8) is 0 Å². The Hall–Kier alpha value is -3.88. The summed E-state index contributed by atoms with van der Waals surface area (Å²) in [5, 5.41) is 12.5. The van der Waals surface area contributed by atoms with Crippen LogP contribution in [0.25, 0.3) is 16.0 Å². The Kier molecular flexibility index (Phi) is 6.98. The van der Waals surface area contributed by atoms with Crippen molar-refractivity contribution in [1.82, 2.24) is 4.98 Å².